The van der Waals surface area contributed by atoms with Crippen molar-refractivity contribution >= 4 is 11.6 Å². The highest BCUT2D eigenvalue weighted by Gasteiger charge is 2.35. The molecule has 5 rings (SSSR count). The number of aromatic nitrogens is 5. The zero-order chi connectivity index (χ0) is 22.8. The summed E-state index contributed by atoms with van der Waals surface area (Å²) in [5.41, 5.74) is 3.62. The van der Waals surface area contributed by atoms with E-state index in [9.17, 15) is 4.79 Å². The van der Waals surface area contributed by atoms with Gasteiger partial charge in [0.15, 0.2) is 11.5 Å². The maximum Gasteiger partial charge on any atom is 0.227 e. The van der Waals surface area contributed by atoms with Gasteiger partial charge in [-0.15, -0.1) is 5.10 Å². The smallest absolute Gasteiger partial charge is 0.227 e. The van der Waals surface area contributed by atoms with Gasteiger partial charge >= 0.3 is 0 Å². The first-order chi connectivity index (χ1) is 16.1. The molecule has 3 aromatic rings. The first-order valence-corrected chi connectivity index (χ1v) is 10.9. The molecule has 0 unspecified atom stereocenters. The van der Waals surface area contributed by atoms with E-state index in [4.69, 9.17) is 11.3 Å². The molecule has 1 aromatic carbocycles. The summed E-state index contributed by atoms with van der Waals surface area (Å²) in [7, 11) is 0. The van der Waals surface area contributed by atoms with Crippen molar-refractivity contribution in [3.05, 3.63) is 71.0 Å². The number of aryl methyl sites for hydroxylation is 1. The van der Waals surface area contributed by atoms with Crippen molar-refractivity contribution in [1.29, 1.82) is 0 Å². The van der Waals surface area contributed by atoms with Crippen molar-refractivity contribution in [1.82, 2.24) is 35.0 Å². The van der Waals surface area contributed by atoms with Crippen molar-refractivity contribution in [3.8, 4) is 5.82 Å². The van der Waals surface area contributed by atoms with Crippen LogP contribution in [0.3, 0.4) is 0 Å². The topological polar surface area (TPSA) is 93.6 Å². The van der Waals surface area contributed by atoms with Gasteiger partial charge in [-0.3, -0.25) is 9.69 Å². The van der Waals surface area contributed by atoms with E-state index in [2.05, 4.69) is 36.3 Å². The highest BCUT2D eigenvalue weighted by atomic mass is 16.5. The second-order valence-corrected chi connectivity index (χ2v) is 8.42. The molecular weight excluding hydrogens is 420 g/mol. The summed E-state index contributed by atoms with van der Waals surface area (Å²) in [6.45, 7) is 12.8. The van der Waals surface area contributed by atoms with Crippen LogP contribution >= 0.6 is 0 Å². The lowest BCUT2D eigenvalue weighted by atomic mass is 10.0. The third kappa shape index (κ3) is 4.46. The van der Waals surface area contributed by atoms with E-state index >= 15 is 0 Å². The SMILES string of the molecule is [C-]#[N+]c1ccc([C@H]2CN3CCN(C(=O)Cc4ccc(-n5cnnn5)nc4)C[C@H]3CO2)cc1C. The van der Waals surface area contributed by atoms with Gasteiger partial charge < -0.3 is 9.64 Å². The summed E-state index contributed by atoms with van der Waals surface area (Å²) >= 11 is 0. The zero-order valence-corrected chi connectivity index (χ0v) is 18.3. The summed E-state index contributed by atoms with van der Waals surface area (Å²) < 4.78 is 7.65. The Balaban J connectivity index is 1.17. The number of amides is 1. The monoisotopic (exact) mass is 444 g/mol. The number of ether oxygens (including phenoxy) is 1. The Morgan fingerprint density at radius 2 is 2.15 bits per heavy atom. The minimum atomic E-state index is -0.00763. The lowest BCUT2D eigenvalue weighted by Gasteiger charge is -2.46. The molecule has 0 aliphatic carbocycles. The molecule has 33 heavy (non-hydrogen) atoms. The van der Waals surface area contributed by atoms with Crippen molar-refractivity contribution in [2.24, 2.45) is 0 Å². The lowest BCUT2D eigenvalue weighted by Crippen LogP contribution is -2.59. The van der Waals surface area contributed by atoms with Crippen LogP contribution < -0.4 is 0 Å². The van der Waals surface area contributed by atoms with Gasteiger partial charge in [0.2, 0.25) is 5.91 Å². The van der Waals surface area contributed by atoms with E-state index < -0.39 is 0 Å². The van der Waals surface area contributed by atoms with E-state index in [1.54, 1.807) is 12.3 Å². The molecule has 2 aliphatic rings. The Labute approximate surface area is 191 Å². The van der Waals surface area contributed by atoms with Crippen LogP contribution in [0.1, 0.15) is 22.8 Å². The van der Waals surface area contributed by atoms with E-state index in [1.165, 1.54) is 11.0 Å². The molecule has 0 spiro atoms. The van der Waals surface area contributed by atoms with Crippen molar-refractivity contribution in [2.75, 3.05) is 32.8 Å². The molecule has 1 amide bonds. The average molecular weight is 444 g/mol. The van der Waals surface area contributed by atoms with Crippen LogP contribution in [0.2, 0.25) is 0 Å². The number of hydrogen-bond donors (Lipinski definition) is 0. The number of piperazine rings is 1. The number of carbonyl (C=O) groups excluding carboxylic acids is 1. The van der Waals surface area contributed by atoms with E-state index in [0.717, 1.165) is 29.8 Å². The second kappa shape index (κ2) is 9.05. The summed E-state index contributed by atoms with van der Waals surface area (Å²) in [6.07, 6.45) is 3.48. The maximum atomic E-state index is 12.9. The normalized spacial score (nSPS) is 20.8. The molecule has 168 valence electrons. The van der Waals surface area contributed by atoms with Crippen LogP contribution in [0.25, 0.3) is 10.7 Å². The van der Waals surface area contributed by atoms with Gasteiger partial charge in [0.1, 0.15) is 6.33 Å². The highest BCUT2D eigenvalue weighted by molar-refractivity contribution is 5.79. The summed E-state index contributed by atoms with van der Waals surface area (Å²) in [6, 6.07) is 9.80. The zero-order valence-electron chi connectivity index (χ0n) is 18.3. The summed E-state index contributed by atoms with van der Waals surface area (Å²) in [5.74, 6) is 0.705. The van der Waals surface area contributed by atoms with Crippen LogP contribution in [0.15, 0.2) is 42.9 Å². The first-order valence-electron chi connectivity index (χ1n) is 10.9. The molecule has 10 heteroatoms. The van der Waals surface area contributed by atoms with Gasteiger partial charge in [0, 0.05) is 32.4 Å². The Kier molecular flexibility index (Phi) is 5.81. The molecule has 2 aromatic heterocycles. The van der Waals surface area contributed by atoms with Crippen molar-refractivity contribution in [2.45, 2.75) is 25.5 Å². The maximum absolute atomic E-state index is 12.9. The molecule has 2 saturated heterocycles. The molecule has 2 atom stereocenters. The summed E-state index contributed by atoms with van der Waals surface area (Å²) in [5, 5.41) is 11.0. The average Bonchev–Trinajstić information content (AvgIpc) is 3.39. The Hall–Kier alpha value is -3.68. The largest absolute Gasteiger partial charge is 0.370 e. The van der Waals surface area contributed by atoms with E-state index in [-0.39, 0.29) is 18.1 Å². The quantitative estimate of drug-likeness (QED) is 0.566. The Morgan fingerprint density at radius 1 is 1.24 bits per heavy atom. The van der Waals surface area contributed by atoms with Gasteiger partial charge in [-0.2, -0.15) is 4.68 Å². The van der Waals surface area contributed by atoms with Gasteiger partial charge in [0.05, 0.1) is 31.7 Å². The fraction of sp³-hybridized carbons (Fsp3) is 0.391. The molecule has 0 N–H and O–H groups in total. The molecule has 0 radical (unpaired) electrons. The lowest BCUT2D eigenvalue weighted by molar-refractivity contribution is -0.139. The number of hydrogen-bond acceptors (Lipinski definition) is 7. The minimum Gasteiger partial charge on any atom is -0.370 e. The highest BCUT2D eigenvalue weighted by Crippen LogP contribution is 2.30. The number of pyridine rings is 1. The van der Waals surface area contributed by atoms with Gasteiger partial charge in [-0.05, 0) is 40.1 Å². The molecule has 4 heterocycles. The van der Waals surface area contributed by atoms with Crippen LogP contribution in [0, 0.1) is 13.5 Å². The number of rotatable bonds is 4. The van der Waals surface area contributed by atoms with Gasteiger partial charge in [0.25, 0.3) is 0 Å². The molecule has 2 fully saturated rings. The first kappa shape index (κ1) is 21.2. The molecule has 0 bridgehead atoms. The van der Waals surface area contributed by atoms with Crippen LogP contribution in [0.4, 0.5) is 5.69 Å². The fourth-order valence-corrected chi connectivity index (χ4v) is 4.43. The van der Waals surface area contributed by atoms with Crippen molar-refractivity contribution in [3.63, 3.8) is 0 Å². The summed E-state index contributed by atoms with van der Waals surface area (Å²) in [4.78, 5) is 25.1. The number of tetrazole rings is 1. The van der Waals surface area contributed by atoms with E-state index in [1.807, 2.05) is 30.0 Å². The number of benzene rings is 1. The number of morpholine rings is 1. The second-order valence-electron chi connectivity index (χ2n) is 8.42. The third-order valence-electron chi connectivity index (χ3n) is 6.31. The fourth-order valence-electron chi connectivity index (χ4n) is 4.43. The van der Waals surface area contributed by atoms with Gasteiger partial charge in [-0.25, -0.2) is 9.83 Å². The predicted octanol–water partition coefficient (Wildman–Crippen LogP) is 1.74. The molecule has 2 aliphatic heterocycles. The van der Waals surface area contributed by atoms with Crippen LogP contribution in [-0.4, -0.2) is 79.7 Å². The predicted molar refractivity (Wildman–Crippen MR) is 119 cm³/mol. The Bertz CT molecular complexity index is 1170. The minimum absolute atomic E-state index is 0.00763. The molecule has 0 saturated carbocycles. The van der Waals surface area contributed by atoms with E-state index in [0.29, 0.717) is 37.6 Å². The third-order valence-corrected chi connectivity index (χ3v) is 6.31. The number of carbonyl (C=O) groups is 1. The molecular formula is C23H24N8O2. The van der Waals surface area contributed by atoms with Crippen LogP contribution in [0.5, 0.6) is 0 Å². The Morgan fingerprint density at radius 3 is 2.88 bits per heavy atom. The molecule has 10 nitrogen and oxygen atoms in total. The number of fused-ring (bicyclic) bond motifs is 1. The standard InChI is InChI=1S/C23H24N8O2/c1-16-9-18(4-5-20(16)24-2)21-13-29-7-8-30(12-19(29)14-33-21)23(32)10-17-3-6-22(25-11-17)31-15-26-27-28-31/h3-6,9,11,15,19,21H,7-8,10,12-14H2,1H3/t19-,21+/m0/s1. The van der Waals surface area contributed by atoms with Crippen LogP contribution in [-0.2, 0) is 16.0 Å². The van der Waals surface area contributed by atoms with Crippen molar-refractivity contribution < 1.29 is 9.53 Å². The van der Waals surface area contributed by atoms with Gasteiger partial charge in [-0.1, -0.05) is 24.3 Å². The number of nitrogens with zero attached hydrogens (tertiary/aromatic N) is 8.